The number of rotatable bonds is 5. The van der Waals surface area contributed by atoms with Crippen LogP contribution in [-0.2, 0) is 4.79 Å². The highest BCUT2D eigenvalue weighted by Crippen LogP contribution is 2.33. The van der Waals surface area contributed by atoms with E-state index in [1.165, 1.54) is 23.5 Å². The number of methoxy groups -OCH3 is 1. The fourth-order valence-corrected chi connectivity index (χ4v) is 4.36. The van der Waals surface area contributed by atoms with E-state index in [9.17, 15) is 9.18 Å². The molecule has 29 heavy (non-hydrogen) atoms. The zero-order valence-corrected chi connectivity index (χ0v) is 16.9. The Balaban J connectivity index is 1.47. The number of aromatic nitrogens is 1. The molecule has 4 rings (SSSR count). The number of halogens is 1. The van der Waals surface area contributed by atoms with Crippen LogP contribution in [0.15, 0.2) is 60.0 Å². The maximum Gasteiger partial charge on any atom is 0.247 e. The quantitative estimate of drug-likeness (QED) is 0.536. The molecule has 1 atom stereocenters. The lowest BCUT2D eigenvalue weighted by Gasteiger charge is -2.24. The van der Waals surface area contributed by atoms with Gasteiger partial charge in [-0.2, -0.15) is 0 Å². The molecule has 1 unspecified atom stereocenters. The summed E-state index contributed by atoms with van der Waals surface area (Å²) in [6, 6.07) is 14.2. The Morgan fingerprint density at radius 1 is 1.28 bits per heavy atom. The van der Waals surface area contributed by atoms with E-state index in [-0.39, 0.29) is 17.8 Å². The molecule has 1 aliphatic heterocycles. The van der Waals surface area contributed by atoms with Crippen LogP contribution in [0.4, 0.5) is 4.39 Å². The summed E-state index contributed by atoms with van der Waals surface area (Å²) in [5.41, 5.74) is 2.68. The lowest BCUT2D eigenvalue weighted by atomic mass is 10.0. The Morgan fingerprint density at radius 3 is 2.90 bits per heavy atom. The number of amides is 1. The highest BCUT2D eigenvalue weighted by molar-refractivity contribution is 7.13. The molecule has 1 fully saturated rings. The molecule has 6 heteroatoms. The van der Waals surface area contributed by atoms with Crippen LogP contribution in [0.1, 0.15) is 30.1 Å². The summed E-state index contributed by atoms with van der Waals surface area (Å²) in [4.78, 5) is 19.2. The van der Waals surface area contributed by atoms with Crippen LogP contribution in [0.25, 0.3) is 16.6 Å². The molecular weight excluding hydrogens is 387 g/mol. The zero-order valence-electron chi connectivity index (χ0n) is 16.0. The van der Waals surface area contributed by atoms with Crippen molar-refractivity contribution in [3.63, 3.8) is 0 Å². The number of thiazole rings is 1. The molecule has 0 spiro atoms. The molecular formula is C23H21FN2O2S. The number of nitrogens with zero attached hydrogens (tertiary/aromatic N) is 2. The summed E-state index contributed by atoms with van der Waals surface area (Å²) in [6.07, 6.45) is 5.25. The van der Waals surface area contributed by atoms with Crippen molar-refractivity contribution in [2.24, 2.45) is 0 Å². The van der Waals surface area contributed by atoms with E-state index in [0.717, 1.165) is 47.0 Å². The first-order valence-corrected chi connectivity index (χ1v) is 10.4. The van der Waals surface area contributed by atoms with Gasteiger partial charge in [-0.25, -0.2) is 9.37 Å². The normalized spacial score (nSPS) is 16.5. The first-order valence-electron chi connectivity index (χ1n) is 9.48. The second-order valence-electron chi connectivity index (χ2n) is 6.88. The lowest BCUT2D eigenvalue weighted by Crippen LogP contribution is -2.28. The van der Waals surface area contributed by atoms with E-state index in [1.807, 2.05) is 34.5 Å². The van der Waals surface area contributed by atoms with Crippen LogP contribution < -0.4 is 4.74 Å². The van der Waals surface area contributed by atoms with Crippen molar-refractivity contribution in [1.82, 2.24) is 9.88 Å². The Labute approximate surface area is 173 Å². The minimum Gasteiger partial charge on any atom is -0.497 e. The van der Waals surface area contributed by atoms with Gasteiger partial charge in [-0.05, 0) is 60.9 Å². The first kappa shape index (κ1) is 19.3. The van der Waals surface area contributed by atoms with Gasteiger partial charge in [0.05, 0.1) is 18.8 Å². The van der Waals surface area contributed by atoms with Crippen molar-refractivity contribution in [2.45, 2.75) is 18.9 Å². The van der Waals surface area contributed by atoms with Gasteiger partial charge < -0.3 is 9.64 Å². The van der Waals surface area contributed by atoms with Gasteiger partial charge >= 0.3 is 0 Å². The monoisotopic (exact) mass is 408 g/mol. The van der Waals surface area contributed by atoms with Crippen LogP contribution in [0.5, 0.6) is 5.75 Å². The van der Waals surface area contributed by atoms with Crippen molar-refractivity contribution >= 4 is 23.3 Å². The van der Waals surface area contributed by atoms with Crippen LogP contribution in [0.2, 0.25) is 0 Å². The van der Waals surface area contributed by atoms with Crippen molar-refractivity contribution in [1.29, 1.82) is 0 Å². The number of hydrogen-bond acceptors (Lipinski definition) is 4. The highest BCUT2D eigenvalue weighted by atomic mass is 32.1. The molecule has 4 nitrogen and oxygen atoms in total. The van der Waals surface area contributed by atoms with E-state index >= 15 is 0 Å². The Hall–Kier alpha value is -2.99. The fourth-order valence-electron chi connectivity index (χ4n) is 3.57. The van der Waals surface area contributed by atoms with E-state index in [2.05, 4.69) is 4.98 Å². The molecule has 0 radical (unpaired) electrons. The van der Waals surface area contributed by atoms with Gasteiger partial charge in [-0.3, -0.25) is 4.79 Å². The molecule has 1 amide bonds. The molecule has 3 aromatic rings. The summed E-state index contributed by atoms with van der Waals surface area (Å²) in [5, 5.41) is 2.69. The molecule has 0 aliphatic carbocycles. The second-order valence-corrected chi connectivity index (χ2v) is 7.74. The van der Waals surface area contributed by atoms with E-state index in [4.69, 9.17) is 4.74 Å². The number of carbonyl (C=O) groups excluding carboxylic acids is 1. The molecule has 1 aliphatic rings. The zero-order chi connectivity index (χ0) is 20.2. The molecule has 1 saturated heterocycles. The Morgan fingerprint density at radius 2 is 2.10 bits per heavy atom. The molecule has 2 aromatic carbocycles. The predicted octanol–water partition coefficient (Wildman–Crippen LogP) is 5.33. The molecule has 148 valence electrons. The van der Waals surface area contributed by atoms with Crippen LogP contribution in [0, 0.1) is 5.82 Å². The van der Waals surface area contributed by atoms with Crippen molar-refractivity contribution in [2.75, 3.05) is 13.7 Å². The number of ether oxygens (including phenoxy) is 1. The van der Waals surface area contributed by atoms with Gasteiger partial charge in [0.15, 0.2) is 0 Å². The summed E-state index contributed by atoms with van der Waals surface area (Å²) in [5.74, 6) is 0.506. The van der Waals surface area contributed by atoms with Gasteiger partial charge in [0.1, 0.15) is 16.6 Å². The SMILES string of the molecule is COc1cccc(C2CCCN2C(=O)/C=C/c2csc(-c3ccc(F)cc3)n2)c1. The number of benzene rings is 2. The fraction of sp³-hybridized carbons (Fsp3) is 0.217. The first-order chi connectivity index (χ1) is 14.1. The van der Waals surface area contributed by atoms with Gasteiger partial charge in [0, 0.05) is 23.6 Å². The molecule has 0 saturated carbocycles. The smallest absolute Gasteiger partial charge is 0.247 e. The van der Waals surface area contributed by atoms with E-state index in [0.29, 0.717) is 0 Å². The number of likely N-dealkylation sites (tertiary alicyclic amines) is 1. The van der Waals surface area contributed by atoms with Crippen molar-refractivity contribution < 1.29 is 13.9 Å². The maximum atomic E-state index is 13.1. The van der Waals surface area contributed by atoms with Crippen LogP contribution in [0.3, 0.4) is 0 Å². The van der Waals surface area contributed by atoms with Crippen molar-refractivity contribution in [3.05, 3.63) is 77.1 Å². The Kier molecular flexibility index (Phi) is 5.71. The summed E-state index contributed by atoms with van der Waals surface area (Å²) in [7, 11) is 1.65. The third-order valence-electron chi connectivity index (χ3n) is 5.02. The number of carbonyl (C=O) groups is 1. The minimum atomic E-state index is -0.271. The van der Waals surface area contributed by atoms with Crippen LogP contribution >= 0.6 is 11.3 Å². The highest BCUT2D eigenvalue weighted by Gasteiger charge is 2.28. The van der Waals surface area contributed by atoms with E-state index in [1.54, 1.807) is 31.4 Å². The second kappa shape index (κ2) is 8.57. The van der Waals surface area contributed by atoms with Gasteiger partial charge in [-0.15, -0.1) is 11.3 Å². The number of hydrogen-bond donors (Lipinski definition) is 0. The predicted molar refractivity (Wildman–Crippen MR) is 113 cm³/mol. The summed E-state index contributed by atoms with van der Waals surface area (Å²) >= 11 is 1.47. The van der Waals surface area contributed by atoms with Gasteiger partial charge in [0.2, 0.25) is 5.91 Å². The summed E-state index contributed by atoms with van der Waals surface area (Å²) < 4.78 is 18.4. The van der Waals surface area contributed by atoms with Crippen LogP contribution in [-0.4, -0.2) is 29.4 Å². The molecule has 0 bridgehead atoms. The molecule has 1 aromatic heterocycles. The largest absolute Gasteiger partial charge is 0.497 e. The summed E-state index contributed by atoms with van der Waals surface area (Å²) in [6.45, 7) is 0.739. The maximum absolute atomic E-state index is 13.1. The topological polar surface area (TPSA) is 42.4 Å². The third-order valence-corrected chi connectivity index (χ3v) is 5.93. The average Bonchev–Trinajstić information content (AvgIpc) is 3.42. The van der Waals surface area contributed by atoms with Gasteiger partial charge in [-0.1, -0.05) is 12.1 Å². The standard InChI is InChI=1S/C23H21FN2O2S/c1-28-20-5-2-4-17(14-20)21-6-3-13-26(21)22(27)12-11-19-15-29-23(25-19)16-7-9-18(24)10-8-16/h2,4-5,7-12,14-15,21H,3,6,13H2,1H3/b12-11+. The molecule has 2 heterocycles. The average molecular weight is 408 g/mol. The van der Waals surface area contributed by atoms with E-state index < -0.39 is 0 Å². The molecule has 0 N–H and O–H groups in total. The van der Waals surface area contributed by atoms with Gasteiger partial charge in [0.25, 0.3) is 0 Å². The lowest BCUT2D eigenvalue weighted by molar-refractivity contribution is -0.126. The van der Waals surface area contributed by atoms with Crippen molar-refractivity contribution in [3.8, 4) is 16.3 Å². The minimum absolute atomic E-state index is 0.0216. The Bertz CT molecular complexity index is 1030. The third kappa shape index (κ3) is 4.38.